The van der Waals surface area contributed by atoms with Gasteiger partial charge in [0, 0.05) is 31.1 Å². The highest BCUT2D eigenvalue weighted by Gasteiger charge is 2.01. The highest BCUT2D eigenvalue weighted by atomic mass is 35.5. The van der Waals surface area contributed by atoms with E-state index in [1.165, 1.54) is 12.1 Å². The van der Waals surface area contributed by atoms with Gasteiger partial charge in [-0.3, -0.25) is 4.79 Å². The number of carbonyl (C=O) groups excluding carboxylic acids is 1. The zero-order valence-electron chi connectivity index (χ0n) is 12.8. The minimum Gasteiger partial charge on any atom is -0.356 e. The molecule has 0 unspecified atom stereocenters. The lowest BCUT2D eigenvalue weighted by atomic mass is 10.1. The second kappa shape index (κ2) is 9.28. The molecule has 1 amide bonds. The van der Waals surface area contributed by atoms with Crippen molar-refractivity contribution >= 4 is 17.5 Å². The Morgan fingerprint density at radius 1 is 0.957 bits per heavy atom. The number of hydrogen-bond acceptors (Lipinski definition) is 2. The first-order chi connectivity index (χ1) is 11.1. The highest BCUT2D eigenvalue weighted by Crippen LogP contribution is 2.09. The largest absolute Gasteiger partial charge is 0.356 e. The smallest absolute Gasteiger partial charge is 0.221 e. The summed E-state index contributed by atoms with van der Waals surface area (Å²) in [6, 6.07) is 13.9. The van der Waals surface area contributed by atoms with E-state index < -0.39 is 0 Å². The molecule has 0 bridgehead atoms. The van der Waals surface area contributed by atoms with Crippen LogP contribution in [0.3, 0.4) is 0 Å². The highest BCUT2D eigenvalue weighted by molar-refractivity contribution is 6.30. The monoisotopic (exact) mass is 334 g/mol. The summed E-state index contributed by atoms with van der Waals surface area (Å²) >= 11 is 5.82. The molecule has 0 saturated heterocycles. The van der Waals surface area contributed by atoms with Gasteiger partial charge < -0.3 is 10.6 Å². The second-order valence-electron chi connectivity index (χ2n) is 5.28. The van der Waals surface area contributed by atoms with Gasteiger partial charge in [0.1, 0.15) is 5.82 Å². The third kappa shape index (κ3) is 6.80. The van der Waals surface area contributed by atoms with Crippen molar-refractivity contribution in [2.24, 2.45) is 0 Å². The van der Waals surface area contributed by atoms with E-state index in [0.29, 0.717) is 31.1 Å². The number of carbonyl (C=O) groups is 1. The van der Waals surface area contributed by atoms with Gasteiger partial charge in [-0.2, -0.15) is 0 Å². The van der Waals surface area contributed by atoms with Crippen LogP contribution in [0.5, 0.6) is 0 Å². The van der Waals surface area contributed by atoms with E-state index in [0.717, 1.165) is 17.5 Å². The fraction of sp³-hybridized carbons (Fsp3) is 0.278. The van der Waals surface area contributed by atoms with Gasteiger partial charge in [-0.05, 0) is 41.8 Å². The van der Waals surface area contributed by atoms with Crippen molar-refractivity contribution in [3.63, 3.8) is 0 Å². The average molecular weight is 335 g/mol. The lowest BCUT2D eigenvalue weighted by Crippen LogP contribution is -2.29. The van der Waals surface area contributed by atoms with E-state index in [9.17, 15) is 9.18 Å². The van der Waals surface area contributed by atoms with Crippen molar-refractivity contribution in [3.05, 3.63) is 70.5 Å². The summed E-state index contributed by atoms with van der Waals surface area (Å²) in [5.41, 5.74) is 2.14. The molecular formula is C18H20ClFN2O. The van der Waals surface area contributed by atoms with Gasteiger partial charge in [0.05, 0.1) is 0 Å². The summed E-state index contributed by atoms with van der Waals surface area (Å²) < 4.78 is 12.8. The normalized spacial score (nSPS) is 10.5. The molecule has 0 aromatic heterocycles. The van der Waals surface area contributed by atoms with E-state index in [1.807, 2.05) is 24.3 Å². The van der Waals surface area contributed by atoms with Crippen LogP contribution in [-0.2, 0) is 17.8 Å². The summed E-state index contributed by atoms with van der Waals surface area (Å²) in [6.07, 6.45) is 1.20. The van der Waals surface area contributed by atoms with Gasteiger partial charge in [-0.25, -0.2) is 4.39 Å². The number of nitrogens with one attached hydrogen (secondary N) is 2. The zero-order valence-corrected chi connectivity index (χ0v) is 13.6. The SMILES string of the molecule is O=C(CCNCc1ccc(F)cc1)NCCc1ccc(Cl)cc1. The molecule has 0 radical (unpaired) electrons. The Kier molecular flexibility index (Phi) is 7.04. The molecule has 0 saturated carbocycles. The van der Waals surface area contributed by atoms with Gasteiger partial charge >= 0.3 is 0 Å². The molecule has 3 nitrogen and oxygen atoms in total. The third-order valence-electron chi connectivity index (χ3n) is 3.42. The predicted molar refractivity (Wildman–Crippen MR) is 90.9 cm³/mol. The molecule has 2 aromatic rings. The zero-order chi connectivity index (χ0) is 16.5. The molecule has 0 aliphatic carbocycles. The van der Waals surface area contributed by atoms with E-state index in [2.05, 4.69) is 10.6 Å². The fourth-order valence-corrected chi connectivity index (χ4v) is 2.25. The molecule has 5 heteroatoms. The summed E-state index contributed by atoms with van der Waals surface area (Å²) in [6.45, 7) is 1.82. The quantitative estimate of drug-likeness (QED) is 0.727. The second-order valence-corrected chi connectivity index (χ2v) is 5.72. The van der Waals surface area contributed by atoms with Crippen LogP contribution in [0.1, 0.15) is 17.5 Å². The number of amides is 1. The molecule has 23 heavy (non-hydrogen) atoms. The molecule has 2 aromatic carbocycles. The summed E-state index contributed by atoms with van der Waals surface area (Å²) in [5.74, 6) is -0.223. The molecule has 0 heterocycles. The summed E-state index contributed by atoms with van der Waals surface area (Å²) in [5, 5.41) is 6.77. The molecular weight excluding hydrogens is 315 g/mol. The lowest BCUT2D eigenvalue weighted by molar-refractivity contribution is -0.120. The van der Waals surface area contributed by atoms with Gasteiger partial charge in [0.15, 0.2) is 0 Å². The molecule has 0 atom stereocenters. The number of rotatable bonds is 8. The number of halogens is 2. The van der Waals surface area contributed by atoms with Crippen LogP contribution >= 0.6 is 11.6 Å². The maximum atomic E-state index is 12.8. The first-order valence-electron chi connectivity index (χ1n) is 7.60. The van der Waals surface area contributed by atoms with Crippen LogP contribution in [0.15, 0.2) is 48.5 Å². The van der Waals surface area contributed by atoms with E-state index >= 15 is 0 Å². The molecule has 2 rings (SSSR count). The fourth-order valence-electron chi connectivity index (χ4n) is 2.12. The van der Waals surface area contributed by atoms with Gasteiger partial charge in [0.2, 0.25) is 5.91 Å². The Hall–Kier alpha value is -1.91. The van der Waals surface area contributed by atoms with Crippen LogP contribution in [-0.4, -0.2) is 19.0 Å². The van der Waals surface area contributed by atoms with Crippen LogP contribution < -0.4 is 10.6 Å². The number of benzene rings is 2. The maximum absolute atomic E-state index is 12.8. The van der Waals surface area contributed by atoms with Gasteiger partial charge in [-0.1, -0.05) is 35.9 Å². The first kappa shape index (κ1) is 17.4. The minimum absolute atomic E-state index is 0.0190. The molecule has 0 fully saturated rings. The average Bonchev–Trinajstić information content (AvgIpc) is 2.55. The van der Waals surface area contributed by atoms with Crippen molar-refractivity contribution in [1.29, 1.82) is 0 Å². The van der Waals surface area contributed by atoms with Crippen molar-refractivity contribution in [3.8, 4) is 0 Å². The molecule has 0 aliphatic rings. The lowest BCUT2D eigenvalue weighted by Gasteiger charge is -2.07. The van der Waals surface area contributed by atoms with Crippen LogP contribution in [0.4, 0.5) is 4.39 Å². The Morgan fingerprint density at radius 3 is 2.30 bits per heavy atom. The van der Waals surface area contributed by atoms with Crippen LogP contribution in [0.25, 0.3) is 0 Å². The van der Waals surface area contributed by atoms with Crippen molar-refractivity contribution in [2.45, 2.75) is 19.4 Å². The van der Waals surface area contributed by atoms with Crippen molar-refractivity contribution < 1.29 is 9.18 Å². The molecule has 0 aliphatic heterocycles. The van der Waals surface area contributed by atoms with E-state index in [-0.39, 0.29) is 11.7 Å². The number of hydrogen-bond donors (Lipinski definition) is 2. The maximum Gasteiger partial charge on any atom is 0.221 e. The molecule has 0 spiro atoms. The molecule has 2 N–H and O–H groups in total. The van der Waals surface area contributed by atoms with Crippen LogP contribution in [0.2, 0.25) is 5.02 Å². The van der Waals surface area contributed by atoms with Gasteiger partial charge in [0.25, 0.3) is 0 Å². The van der Waals surface area contributed by atoms with E-state index in [4.69, 9.17) is 11.6 Å². The Balaban J connectivity index is 1.56. The predicted octanol–water partition coefficient (Wildman–Crippen LogP) is 3.32. The third-order valence-corrected chi connectivity index (χ3v) is 3.67. The van der Waals surface area contributed by atoms with Crippen molar-refractivity contribution in [2.75, 3.05) is 13.1 Å². The van der Waals surface area contributed by atoms with E-state index in [1.54, 1.807) is 12.1 Å². The minimum atomic E-state index is -0.242. The van der Waals surface area contributed by atoms with Crippen molar-refractivity contribution in [1.82, 2.24) is 10.6 Å². The topological polar surface area (TPSA) is 41.1 Å². The summed E-state index contributed by atoms with van der Waals surface area (Å²) in [4.78, 5) is 11.7. The van der Waals surface area contributed by atoms with Crippen LogP contribution in [0, 0.1) is 5.82 Å². The molecule has 122 valence electrons. The standard InChI is InChI=1S/C18H20ClFN2O/c19-16-5-1-14(2-6-16)9-12-22-18(23)10-11-21-13-15-3-7-17(20)8-4-15/h1-8,21H,9-13H2,(H,22,23). The first-order valence-corrected chi connectivity index (χ1v) is 7.97. The Morgan fingerprint density at radius 2 is 1.61 bits per heavy atom. The van der Waals surface area contributed by atoms with Gasteiger partial charge in [-0.15, -0.1) is 0 Å². The summed E-state index contributed by atoms with van der Waals surface area (Å²) in [7, 11) is 0. The Labute approximate surface area is 140 Å². The Bertz CT molecular complexity index is 614.